The molecule has 0 unspecified atom stereocenters. The molecule has 0 heterocycles. The smallest absolute Gasteiger partial charge is 0.225 e. The summed E-state index contributed by atoms with van der Waals surface area (Å²) in [6, 6.07) is 5.09. The van der Waals surface area contributed by atoms with Crippen molar-refractivity contribution in [2.75, 3.05) is 38.3 Å². The zero-order valence-corrected chi connectivity index (χ0v) is 13.1. The Labute approximate surface area is 125 Å². The average molecular weight is 295 g/mol. The zero-order valence-electron chi connectivity index (χ0n) is 13.1. The first-order chi connectivity index (χ1) is 9.71. The van der Waals surface area contributed by atoms with E-state index < -0.39 is 5.60 Å². The Morgan fingerprint density at radius 2 is 2.14 bits per heavy atom. The van der Waals surface area contributed by atoms with Crippen LogP contribution in [-0.4, -0.2) is 48.8 Å². The first-order valence-corrected chi connectivity index (χ1v) is 6.85. The number of likely N-dealkylation sites (N-methyl/N-ethyl adjacent to an activating group) is 1. The molecule has 21 heavy (non-hydrogen) atoms. The quantitative estimate of drug-likeness (QED) is 0.660. The fourth-order valence-electron chi connectivity index (χ4n) is 2.07. The number of anilines is 2. The second-order valence-electron chi connectivity index (χ2n) is 5.81. The van der Waals surface area contributed by atoms with Crippen molar-refractivity contribution < 1.29 is 14.6 Å². The molecule has 0 atom stereocenters. The van der Waals surface area contributed by atoms with Crippen molar-refractivity contribution in [2.45, 2.75) is 25.9 Å². The highest BCUT2D eigenvalue weighted by atomic mass is 16.5. The number of hydrogen-bond donors (Lipinski definition) is 3. The normalized spacial score (nSPS) is 11.5. The van der Waals surface area contributed by atoms with E-state index >= 15 is 0 Å². The third-order valence-electron chi connectivity index (χ3n) is 2.88. The lowest BCUT2D eigenvalue weighted by Crippen LogP contribution is -2.37. The maximum absolute atomic E-state index is 12.0. The van der Waals surface area contributed by atoms with Crippen LogP contribution >= 0.6 is 0 Å². The highest BCUT2D eigenvalue weighted by molar-refractivity contribution is 5.93. The van der Waals surface area contributed by atoms with Crippen molar-refractivity contribution in [3.05, 3.63) is 18.2 Å². The molecule has 0 aliphatic carbocycles. The van der Waals surface area contributed by atoms with E-state index in [9.17, 15) is 9.90 Å². The zero-order chi connectivity index (χ0) is 16.0. The van der Waals surface area contributed by atoms with Crippen molar-refractivity contribution in [1.29, 1.82) is 0 Å². The van der Waals surface area contributed by atoms with Gasteiger partial charge in [0.1, 0.15) is 5.75 Å². The first-order valence-electron chi connectivity index (χ1n) is 6.85. The molecule has 1 aromatic carbocycles. The van der Waals surface area contributed by atoms with Crippen LogP contribution in [0.25, 0.3) is 0 Å². The predicted molar refractivity (Wildman–Crippen MR) is 84.4 cm³/mol. The highest BCUT2D eigenvalue weighted by Crippen LogP contribution is 2.26. The van der Waals surface area contributed by atoms with Crippen LogP contribution in [0.2, 0.25) is 0 Å². The standard InChI is InChI=1S/C15H25N3O3/c1-15(2,20)10-18(3)8-7-14(19)17-12-9-11(16)5-6-13(12)21-4/h5-6,9,20H,7-8,10,16H2,1-4H3,(H,17,19). The molecule has 1 amide bonds. The maximum Gasteiger partial charge on any atom is 0.225 e. The average Bonchev–Trinajstić information content (AvgIpc) is 2.35. The van der Waals surface area contributed by atoms with Gasteiger partial charge in [-0.1, -0.05) is 0 Å². The summed E-state index contributed by atoms with van der Waals surface area (Å²) in [4.78, 5) is 13.9. The fraction of sp³-hybridized carbons (Fsp3) is 0.533. The first kappa shape index (κ1) is 17.3. The van der Waals surface area contributed by atoms with Gasteiger partial charge < -0.3 is 25.8 Å². The van der Waals surface area contributed by atoms with Gasteiger partial charge in [-0.05, 0) is 39.1 Å². The topological polar surface area (TPSA) is 87.8 Å². The Balaban J connectivity index is 2.53. The van der Waals surface area contributed by atoms with Gasteiger partial charge in [0.25, 0.3) is 0 Å². The SMILES string of the molecule is COc1ccc(N)cc1NC(=O)CCN(C)CC(C)(C)O. The molecular weight excluding hydrogens is 270 g/mol. The number of nitrogens with zero attached hydrogens (tertiary/aromatic N) is 1. The summed E-state index contributed by atoms with van der Waals surface area (Å²) in [5, 5.41) is 12.5. The molecule has 0 bridgehead atoms. The summed E-state index contributed by atoms with van der Waals surface area (Å²) in [6.45, 7) is 4.53. The van der Waals surface area contributed by atoms with Crippen LogP contribution in [0.5, 0.6) is 5.75 Å². The Kier molecular flexibility index (Phi) is 5.99. The fourth-order valence-corrected chi connectivity index (χ4v) is 2.07. The Hall–Kier alpha value is -1.79. The van der Waals surface area contributed by atoms with Gasteiger partial charge in [-0.25, -0.2) is 0 Å². The third kappa shape index (κ3) is 6.46. The van der Waals surface area contributed by atoms with Crippen LogP contribution in [0, 0.1) is 0 Å². The second kappa shape index (κ2) is 7.28. The largest absolute Gasteiger partial charge is 0.495 e. The molecule has 0 fully saturated rings. The van der Waals surface area contributed by atoms with Crippen LogP contribution in [0.1, 0.15) is 20.3 Å². The van der Waals surface area contributed by atoms with E-state index in [1.807, 2.05) is 11.9 Å². The minimum atomic E-state index is -0.775. The Morgan fingerprint density at radius 1 is 1.48 bits per heavy atom. The molecule has 0 saturated heterocycles. The van der Waals surface area contributed by atoms with Crippen molar-refractivity contribution in [3.63, 3.8) is 0 Å². The summed E-state index contributed by atoms with van der Waals surface area (Å²) < 4.78 is 5.18. The number of hydrogen-bond acceptors (Lipinski definition) is 5. The molecule has 0 aromatic heterocycles. The minimum absolute atomic E-state index is 0.124. The van der Waals surface area contributed by atoms with E-state index in [2.05, 4.69) is 5.32 Å². The van der Waals surface area contributed by atoms with Crippen molar-refractivity contribution in [3.8, 4) is 5.75 Å². The van der Waals surface area contributed by atoms with E-state index in [4.69, 9.17) is 10.5 Å². The molecule has 0 aliphatic heterocycles. The molecule has 6 heteroatoms. The molecular formula is C15H25N3O3. The van der Waals surface area contributed by atoms with Gasteiger partial charge in [0, 0.05) is 25.2 Å². The number of nitrogens with two attached hydrogens (primary N) is 1. The number of methoxy groups -OCH3 is 1. The summed E-state index contributed by atoms with van der Waals surface area (Å²) in [5.41, 5.74) is 6.05. The molecule has 0 spiro atoms. The molecule has 0 radical (unpaired) electrons. The van der Waals surface area contributed by atoms with Crippen molar-refractivity contribution >= 4 is 17.3 Å². The van der Waals surface area contributed by atoms with Gasteiger partial charge in [-0.2, -0.15) is 0 Å². The number of aliphatic hydroxyl groups is 1. The lowest BCUT2D eigenvalue weighted by atomic mass is 10.1. The van der Waals surface area contributed by atoms with Crippen LogP contribution in [0.4, 0.5) is 11.4 Å². The van der Waals surface area contributed by atoms with Gasteiger partial charge >= 0.3 is 0 Å². The van der Waals surface area contributed by atoms with Gasteiger partial charge in [0.15, 0.2) is 0 Å². The lowest BCUT2D eigenvalue weighted by Gasteiger charge is -2.25. The predicted octanol–water partition coefficient (Wildman–Crippen LogP) is 1.31. The molecule has 0 aliphatic rings. The number of nitrogen functional groups attached to an aromatic ring is 1. The van der Waals surface area contributed by atoms with E-state index in [1.54, 1.807) is 32.0 Å². The maximum atomic E-state index is 12.0. The lowest BCUT2D eigenvalue weighted by molar-refractivity contribution is -0.116. The summed E-state index contributed by atoms with van der Waals surface area (Å²) in [6.07, 6.45) is 0.324. The van der Waals surface area contributed by atoms with Gasteiger partial charge in [0.2, 0.25) is 5.91 Å². The van der Waals surface area contributed by atoms with Crippen molar-refractivity contribution in [2.24, 2.45) is 0 Å². The summed E-state index contributed by atoms with van der Waals surface area (Å²) in [7, 11) is 3.41. The molecule has 4 N–H and O–H groups in total. The van der Waals surface area contributed by atoms with Crippen LogP contribution in [-0.2, 0) is 4.79 Å². The monoisotopic (exact) mass is 295 g/mol. The van der Waals surface area contributed by atoms with E-state index in [1.165, 1.54) is 7.11 Å². The van der Waals surface area contributed by atoms with E-state index in [-0.39, 0.29) is 5.91 Å². The number of nitrogens with one attached hydrogen (secondary N) is 1. The molecule has 0 saturated carbocycles. The van der Waals surface area contributed by atoms with E-state index in [0.717, 1.165) is 0 Å². The third-order valence-corrected chi connectivity index (χ3v) is 2.88. The molecule has 6 nitrogen and oxygen atoms in total. The molecule has 1 aromatic rings. The van der Waals surface area contributed by atoms with Crippen LogP contribution in [0.15, 0.2) is 18.2 Å². The second-order valence-corrected chi connectivity index (χ2v) is 5.81. The van der Waals surface area contributed by atoms with Crippen LogP contribution < -0.4 is 15.8 Å². The van der Waals surface area contributed by atoms with Crippen LogP contribution in [0.3, 0.4) is 0 Å². The molecule has 118 valence electrons. The molecule has 1 rings (SSSR count). The number of carbonyl (C=O) groups is 1. The van der Waals surface area contributed by atoms with Gasteiger partial charge in [-0.3, -0.25) is 4.79 Å². The highest BCUT2D eigenvalue weighted by Gasteiger charge is 2.16. The van der Waals surface area contributed by atoms with Crippen molar-refractivity contribution in [1.82, 2.24) is 4.90 Å². The number of ether oxygens (including phenoxy) is 1. The van der Waals surface area contributed by atoms with E-state index in [0.29, 0.717) is 36.6 Å². The summed E-state index contributed by atoms with van der Waals surface area (Å²) >= 11 is 0. The number of benzene rings is 1. The number of carbonyl (C=O) groups excluding carboxylic acids is 1. The summed E-state index contributed by atoms with van der Waals surface area (Å²) in [5.74, 6) is 0.448. The van der Waals surface area contributed by atoms with Gasteiger partial charge in [-0.15, -0.1) is 0 Å². The van der Waals surface area contributed by atoms with Gasteiger partial charge in [0.05, 0.1) is 18.4 Å². The Morgan fingerprint density at radius 3 is 2.71 bits per heavy atom. The minimum Gasteiger partial charge on any atom is -0.495 e. The number of rotatable bonds is 7. The number of amides is 1. The Bertz CT molecular complexity index is 484.